The standard InChI is InChI=1S/C15H19ClN4O4S/c1-20(2)25(21,22)19-15-6-5-10(9-17-15)18-12-8-13(23-3)11(16)7-14(12)24-4/h5-9,18H,1-4H3,(H,17,19). The van der Waals surface area contributed by atoms with Gasteiger partial charge in [0.05, 0.1) is 36.8 Å². The number of pyridine rings is 1. The van der Waals surface area contributed by atoms with Crippen molar-refractivity contribution in [3.05, 3.63) is 35.5 Å². The van der Waals surface area contributed by atoms with E-state index in [-0.39, 0.29) is 5.82 Å². The molecule has 0 radical (unpaired) electrons. The van der Waals surface area contributed by atoms with Gasteiger partial charge in [0.15, 0.2) is 0 Å². The first kappa shape index (κ1) is 19.1. The van der Waals surface area contributed by atoms with E-state index in [0.29, 0.717) is 27.9 Å². The fourth-order valence-electron chi connectivity index (χ4n) is 1.87. The van der Waals surface area contributed by atoms with Gasteiger partial charge in [0.1, 0.15) is 17.3 Å². The van der Waals surface area contributed by atoms with Gasteiger partial charge >= 0.3 is 10.2 Å². The Hall–Kier alpha value is -2.23. The van der Waals surface area contributed by atoms with E-state index in [1.807, 2.05) is 0 Å². The topological polar surface area (TPSA) is 92.8 Å². The fourth-order valence-corrected chi connectivity index (χ4v) is 2.66. The molecule has 0 aliphatic carbocycles. The van der Waals surface area contributed by atoms with Crippen LogP contribution in [0, 0.1) is 0 Å². The molecule has 2 aromatic rings. The first-order valence-electron chi connectivity index (χ1n) is 7.11. The summed E-state index contributed by atoms with van der Waals surface area (Å²) in [5, 5.41) is 3.55. The summed E-state index contributed by atoms with van der Waals surface area (Å²) in [4.78, 5) is 4.08. The maximum Gasteiger partial charge on any atom is 0.302 e. The molecule has 8 nitrogen and oxygen atoms in total. The number of halogens is 1. The normalized spacial score (nSPS) is 11.3. The summed E-state index contributed by atoms with van der Waals surface area (Å²) < 4.78 is 37.5. The first-order chi connectivity index (χ1) is 11.8. The summed E-state index contributed by atoms with van der Waals surface area (Å²) in [5.41, 5.74) is 1.27. The highest BCUT2D eigenvalue weighted by Crippen LogP contribution is 2.37. The van der Waals surface area contributed by atoms with Crippen LogP contribution in [0.25, 0.3) is 0 Å². The van der Waals surface area contributed by atoms with Crippen molar-refractivity contribution in [1.82, 2.24) is 9.29 Å². The summed E-state index contributed by atoms with van der Waals surface area (Å²) in [6, 6.07) is 6.56. The van der Waals surface area contributed by atoms with E-state index in [1.165, 1.54) is 34.5 Å². The van der Waals surface area contributed by atoms with E-state index >= 15 is 0 Å². The fraction of sp³-hybridized carbons (Fsp3) is 0.267. The molecule has 0 bridgehead atoms. The van der Waals surface area contributed by atoms with Crippen molar-refractivity contribution < 1.29 is 17.9 Å². The summed E-state index contributed by atoms with van der Waals surface area (Å²) in [5.74, 6) is 1.23. The van der Waals surface area contributed by atoms with Crippen molar-refractivity contribution in [2.24, 2.45) is 0 Å². The number of hydrogen-bond acceptors (Lipinski definition) is 6. The lowest BCUT2D eigenvalue weighted by Gasteiger charge is -2.15. The average Bonchev–Trinajstić information content (AvgIpc) is 2.57. The molecule has 10 heteroatoms. The van der Waals surface area contributed by atoms with E-state index < -0.39 is 10.2 Å². The molecule has 0 fully saturated rings. The Balaban J connectivity index is 2.22. The number of anilines is 3. The van der Waals surface area contributed by atoms with Crippen LogP contribution in [0.5, 0.6) is 11.5 Å². The Morgan fingerprint density at radius 3 is 2.32 bits per heavy atom. The van der Waals surface area contributed by atoms with Crippen molar-refractivity contribution in [2.45, 2.75) is 0 Å². The minimum atomic E-state index is -3.60. The minimum Gasteiger partial charge on any atom is -0.495 e. The Kier molecular flexibility index (Phi) is 5.93. The zero-order valence-electron chi connectivity index (χ0n) is 14.2. The highest BCUT2D eigenvalue weighted by atomic mass is 35.5. The largest absolute Gasteiger partial charge is 0.495 e. The molecule has 0 aliphatic heterocycles. The lowest BCUT2D eigenvalue weighted by molar-refractivity contribution is 0.405. The summed E-state index contributed by atoms with van der Waals surface area (Å²) >= 11 is 6.08. The molecule has 0 atom stereocenters. The van der Waals surface area contributed by atoms with Crippen LogP contribution in [0.2, 0.25) is 5.02 Å². The maximum atomic E-state index is 11.8. The molecule has 1 aromatic carbocycles. The van der Waals surface area contributed by atoms with E-state index in [2.05, 4.69) is 15.0 Å². The van der Waals surface area contributed by atoms with Gasteiger partial charge in [0.2, 0.25) is 0 Å². The zero-order valence-corrected chi connectivity index (χ0v) is 15.8. The van der Waals surface area contributed by atoms with Crippen LogP contribution in [0.4, 0.5) is 17.2 Å². The number of rotatable bonds is 7. The minimum absolute atomic E-state index is 0.208. The number of benzene rings is 1. The molecule has 0 aliphatic rings. The van der Waals surface area contributed by atoms with Gasteiger partial charge in [0, 0.05) is 26.2 Å². The van der Waals surface area contributed by atoms with E-state index in [0.717, 1.165) is 4.31 Å². The second-order valence-electron chi connectivity index (χ2n) is 5.13. The molecular weight excluding hydrogens is 368 g/mol. The third-order valence-corrected chi connectivity index (χ3v) is 4.95. The molecule has 2 N–H and O–H groups in total. The molecular formula is C15H19ClN4O4S. The van der Waals surface area contributed by atoms with Crippen LogP contribution in [-0.2, 0) is 10.2 Å². The second kappa shape index (κ2) is 7.77. The van der Waals surface area contributed by atoms with Crippen LogP contribution in [0.1, 0.15) is 0 Å². The third-order valence-electron chi connectivity index (χ3n) is 3.23. The summed E-state index contributed by atoms with van der Waals surface area (Å²) in [7, 11) is 2.31. The van der Waals surface area contributed by atoms with Crippen molar-refractivity contribution in [3.8, 4) is 11.5 Å². The average molecular weight is 387 g/mol. The monoisotopic (exact) mass is 386 g/mol. The first-order valence-corrected chi connectivity index (χ1v) is 8.93. The van der Waals surface area contributed by atoms with Crippen LogP contribution >= 0.6 is 11.6 Å². The Morgan fingerprint density at radius 1 is 1.12 bits per heavy atom. The van der Waals surface area contributed by atoms with Crippen LogP contribution in [-0.4, -0.2) is 46.0 Å². The van der Waals surface area contributed by atoms with Crippen LogP contribution in [0.3, 0.4) is 0 Å². The Morgan fingerprint density at radius 2 is 1.80 bits per heavy atom. The van der Waals surface area contributed by atoms with Crippen molar-refractivity contribution >= 4 is 39.0 Å². The molecule has 0 saturated carbocycles. The Labute approximate surface area is 151 Å². The van der Waals surface area contributed by atoms with E-state index in [1.54, 1.807) is 24.3 Å². The molecule has 1 aromatic heterocycles. The van der Waals surface area contributed by atoms with Crippen molar-refractivity contribution in [1.29, 1.82) is 0 Å². The molecule has 1 heterocycles. The quantitative estimate of drug-likeness (QED) is 0.760. The number of hydrogen-bond donors (Lipinski definition) is 2. The zero-order chi connectivity index (χ0) is 18.6. The predicted molar refractivity (Wildman–Crippen MR) is 98.3 cm³/mol. The molecule has 2 rings (SSSR count). The van der Waals surface area contributed by atoms with Gasteiger partial charge in [0.25, 0.3) is 0 Å². The highest BCUT2D eigenvalue weighted by molar-refractivity contribution is 7.90. The lowest BCUT2D eigenvalue weighted by Crippen LogP contribution is -2.29. The van der Waals surface area contributed by atoms with Gasteiger partial charge in [-0.3, -0.25) is 4.72 Å². The van der Waals surface area contributed by atoms with E-state index in [4.69, 9.17) is 21.1 Å². The lowest BCUT2D eigenvalue weighted by atomic mass is 10.2. The second-order valence-corrected chi connectivity index (χ2v) is 7.43. The molecule has 136 valence electrons. The Bertz CT molecular complexity index is 841. The number of nitrogens with one attached hydrogen (secondary N) is 2. The smallest absolute Gasteiger partial charge is 0.302 e. The summed E-state index contributed by atoms with van der Waals surface area (Å²) in [6.07, 6.45) is 1.49. The van der Waals surface area contributed by atoms with Crippen molar-refractivity contribution in [3.63, 3.8) is 0 Å². The number of methoxy groups -OCH3 is 2. The SMILES string of the molecule is COc1cc(Nc2ccc(NS(=O)(=O)N(C)C)nc2)c(OC)cc1Cl. The summed E-state index contributed by atoms with van der Waals surface area (Å²) in [6.45, 7) is 0. The third kappa shape index (κ3) is 4.65. The number of aromatic nitrogens is 1. The number of ether oxygens (including phenoxy) is 2. The molecule has 0 spiro atoms. The maximum absolute atomic E-state index is 11.8. The van der Waals surface area contributed by atoms with Crippen molar-refractivity contribution in [2.75, 3.05) is 38.4 Å². The van der Waals surface area contributed by atoms with Gasteiger partial charge in [-0.2, -0.15) is 12.7 Å². The molecule has 0 amide bonds. The molecule has 0 unspecified atom stereocenters. The van der Waals surface area contributed by atoms with Gasteiger partial charge in [-0.25, -0.2) is 4.98 Å². The number of nitrogens with zero attached hydrogens (tertiary/aromatic N) is 2. The highest BCUT2D eigenvalue weighted by Gasteiger charge is 2.14. The predicted octanol–water partition coefficient (Wildman–Crippen LogP) is 2.71. The van der Waals surface area contributed by atoms with Crippen LogP contribution in [0.15, 0.2) is 30.5 Å². The van der Waals surface area contributed by atoms with Gasteiger partial charge in [-0.1, -0.05) is 11.6 Å². The molecule has 0 saturated heterocycles. The van der Waals surface area contributed by atoms with Gasteiger partial charge in [-0.15, -0.1) is 0 Å². The molecule has 25 heavy (non-hydrogen) atoms. The van der Waals surface area contributed by atoms with Gasteiger partial charge < -0.3 is 14.8 Å². The van der Waals surface area contributed by atoms with E-state index in [9.17, 15) is 8.42 Å². The van der Waals surface area contributed by atoms with Gasteiger partial charge in [-0.05, 0) is 12.1 Å². The van der Waals surface area contributed by atoms with Crippen LogP contribution < -0.4 is 19.5 Å².